The van der Waals surface area contributed by atoms with Gasteiger partial charge in [-0.25, -0.2) is 18.9 Å². The quantitative estimate of drug-likeness (QED) is 0.392. The molecule has 0 unspecified atom stereocenters. The topological polar surface area (TPSA) is 89.1 Å². The van der Waals surface area contributed by atoms with Crippen LogP contribution in [0.3, 0.4) is 0 Å². The van der Waals surface area contributed by atoms with Gasteiger partial charge in [0.05, 0.1) is 5.02 Å². The molecule has 2 N–H and O–H groups in total. The number of hydrogen-bond acceptors (Lipinski definition) is 6. The van der Waals surface area contributed by atoms with Gasteiger partial charge in [-0.05, 0) is 35.4 Å². The number of benzene rings is 2. The van der Waals surface area contributed by atoms with E-state index >= 15 is 0 Å². The van der Waals surface area contributed by atoms with Crippen molar-refractivity contribution in [3.8, 4) is 5.69 Å². The third-order valence-electron chi connectivity index (χ3n) is 6.39. The summed E-state index contributed by atoms with van der Waals surface area (Å²) < 4.78 is 17.5. The molecule has 6 rings (SSSR count). The van der Waals surface area contributed by atoms with Gasteiger partial charge in [-0.1, -0.05) is 37.6 Å². The lowest BCUT2D eigenvalue weighted by Crippen LogP contribution is -2.38. The van der Waals surface area contributed by atoms with Gasteiger partial charge in [-0.2, -0.15) is 4.98 Å². The van der Waals surface area contributed by atoms with Crippen molar-refractivity contribution in [1.82, 2.24) is 29.2 Å². The lowest BCUT2D eigenvalue weighted by atomic mass is 9.79. The van der Waals surface area contributed by atoms with E-state index in [0.29, 0.717) is 11.6 Å². The van der Waals surface area contributed by atoms with E-state index in [2.05, 4.69) is 51.6 Å². The third-order valence-corrected chi connectivity index (χ3v) is 6.69. The molecule has 8 nitrogen and oxygen atoms in total. The van der Waals surface area contributed by atoms with Crippen LogP contribution in [0.5, 0.6) is 0 Å². The van der Waals surface area contributed by atoms with E-state index in [-0.39, 0.29) is 27.3 Å². The fourth-order valence-electron chi connectivity index (χ4n) is 4.72. The maximum absolute atomic E-state index is 14.7. The van der Waals surface area contributed by atoms with Crippen LogP contribution in [0.15, 0.2) is 59.8 Å². The van der Waals surface area contributed by atoms with Gasteiger partial charge < -0.3 is 10.6 Å². The highest BCUT2D eigenvalue weighted by molar-refractivity contribution is 6.32. The molecule has 0 aliphatic carbocycles. The SMILES string of the molecule is CC1(C)CNCc2cc(Nc3ncc4c(=O)n(-c5c(F)cccc5Cl)c5nccn5c4n3)ccc21. The molecule has 0 radical (unpaired) electrons. The van der Waals surface area contributed by atoms with Gasteiger partial charge in [-0.3, -0.25) is 9.20 Å². The molecule has 5 aromatic rings. The highest BCUT2D eigenvalue weighted by Crippen LogP contribution is 2.32. The van der Waals surface area contributed by atoms with Crippen LogP contribution >= 0.6 is 11.6 Å². The van der Waals surface area contributed by atoms with E-state index in [4.69, 9.17) is 11.6 Å². The fourth-order valence-corrected chi connectivity index (χ4v) is 4.97. The second-order valence-corrected chi connectivity index (χ2v) is 9.63. The zero-order chi connectivity index (χ0) is 24.3. The van der Waals surface area contributed by atoms with Crippen LogP contribution in [0.1, 0.15) is 25.0 Å². The number of fused-ring (bicyclic) bond motifs is 4. The molecular weight excluding hydrogens is 469 g/mol. The van der Waals surface area contributed by atoms with Crippen LogP contribution in [0.4, 0.5) is 16.0 Å². The average Bonchev–Trinajstić information content (AvgIpc) is 3.30. The predicted molar refractivity (Wildman–Crippen MR) is 133 cm³/mol. The molecule has 2 aromatic carbocycles. The maximum Gasteiger partial charge on any atom is 0.270 e. The van der Waals surface area contributed by atoms with E-state index in [0.717, 1.165) is 23.3 Å². The van der Waals surface area contributed by atoms with Crippen molar-refractivity contribution in [1.29, 1.82) is 0 Å². The number of para-hydroxylation sites is 1. The Hall–Kier alpha value is -3.82. The van der Waals surface area contributed by atoms with Crippen molar-refractivity contribution in [3.63, 3.8) is 0 Å². The average molecular weight is 490 g/mol. The molecule has 1 aliphatic rings. The molecule has 0 bridgehead atoms. The van der Waals surface area contributed by atoms with Crippen LogP contribution in [-0.4, -0.2) is 30.5 Å². The molecule has 0 amide bonds. The summed E-state index contributed by atoms with van der Waals surface area (Å²) in [4.78, 5) is 26.6. The van der Waals surface area contributed by atoms with Crippen molar-refractivity contribution in [2.24, 2.45) is 0 Å². The standard InChI is InChI=1S/C25H21ClFN7O/c1-25(2)13-28-11-14-10-15(6-7-17(14)25)31-23-30-12-16-21(32-23)33-9-8-29-24(33)34(22(16)35)20-18(26)4-3-5-19(20)27/h3-10,12,28H,11,13H2,1-2H3,(H,30,31,32). The summed E-state index contributed by atoms with van der Waals surface area (Å²) in [6.07, 6.45) is 4.61. The van der Waals surface area contributed by atoms with E-state index < -0.39 is 11.4 Å². The number of halogens is 2. The molecule has 176 valence electrons. The summed E-state index contributed by atoms with van der Waals surface area (Å²) in [5, 5.41) is 7.00. The van der Waals surface area contributed by atoms with Gasteiger partial charge in [0, 0.05) is 42.8 Å². The molecule has 0 saturated carbocycles. The molecule has 0 fully saturated rings. The monoisotopic (exact) mass is 489 g/mol. The summed E-state index contributed by atoms with van der Waals surface area (Å²) >= 11 is 6.26. The number of nitrogens with one attached hydrogen (secondary N) is 2. The Morgan fingerprint density at radius 1 is 1.20 bits per heavy atom. The van der Waals surface area contributed by atoms with Crippen LogP contribution in [0, 0.1) is 5.82 Å². The Labute approximate surface area is 204 Å². The molecule has 35 heavy (non-hydrogen) atoms. The minimum absolute atomic E-state index is 0.0552. The van der Waals surface area contributed by atoms with E-state index in [1.807, 2.05) is 6.07 Å². The van der Waals surface area contributed by atoms with Crippen molar-refractivity contribution >= 4 is 40.0 Å². The lowest BCUT2D eigenvalue weighted by molar-refractivity contribution is 0.435. The zero-order valence-electron chi connectivity index (χ0n) is 19.0. The van der Waals surface area contributed by atoms with Gasteiger partial charge in [0.1, 0.15) is 16.9 Å². The highest BCUT2D eigenvalue weighted by Gasteiger charge is 2.27. The van der Waals surface area contributed by atoms with Gasteiger partial charge >= 0.3 is 0 Å². The zero-order valence-corrected chi connectivity index (χ0v) is 19.8. The summed E-state index contributed by atoms with van der Waals surface area (Å²) in [5.41, 5.74) is 3.20. The number of rotatable bonds is 3. The van der Waals surface area contributed by atoms with Crippen LogP contribution in [0.2, 0.25) is 5.02 Å². The van der Waals surface area contributed by atoms with Gasteiger partial charge in [0.25, 0.3) is 5.56 Å². The first-order valence-corrected chi connectivity index (χ1v) is 11.5. The Morgan fingerprint density at radius 2 is 2.06 bits per heavy atom. The van der Waals surface area contributed by atoms with Crippen molar-refractivity contribution < 1.29 is 4.39 Å². The maximum atomic E-state index is 14.7. The van der Waals surface area contributed by atoms with Crippen LogP contribution in [0.25, 0.3) is 22.5 Å². The normalized spacial score (nSPS) is 14.9. The predicted octanol–water partition coefficient (Wildman–Crippen LogP) is 4.35. The second kappa shape index (κ2) is 7.86. The summed E-state index contributed by atoms with van der Waals surface area (Å²) in [6.45, 7) is 6.15. The van der Waals surface area contributed by atoms with Gasteiger partial charge in [-0.15, -0.1) is 0 Å². The smallest absolute Gasteiger partial charge is 0.270 e. The Kier molecular flexibility index (Phi) is 4.87. The first-order valence-electron chi connectivity index (χ1n) is 11.1. The second-order valence-electron chi connectivity index (χ2n) is 9.22. The van der Waals surface area contributed by atoms with Gasteiger partial charge in [0.15, 0.2) is 5.65 Å². The largest absolute Gasteiger partial charge is 0.324 e. The highest BCUT2D eigenvalue weighted by atomic mass is 35.5. The number of nitrogens with zero attached hydrogens (tertiary/aromatic N) is 5. The summed E-state index contributed by atoms with van der Waals surface area (Å²) in [5.74, 6) is -0.106. The lowest BCUT2D eigenvalue weighted by Gasteiger charge is -2.33. The molecule has 0 spiro atoms. The van der Waals surface area contributed by atoms with Crippen molar-refractivity contribution in [3.05, 3.63) is 87.3 Å². The molecule has 10 heteroatoms. The number of hydrogen-bond donors (Lipinski definition) is 2. The van der Waals surface area contributed by atoms with Crippen molar-refractivity contribution in [2.75, 3.05) is 11.9 Å². The molecule has 4 heterocycles. The summed E-state index contributed by atoms with van der Waals surface area (Å²) in [7, 11) is 0. The van der Waals surface area contributed by atoms with Gasteiger partial charge in [0.2, 0.25) is 11.7 Å². The molecule has 0 saturated heterocycles. The fraction of sp³-hybridized carbons (Fsp3) is 0.200. The van der Waals surface area contributed by atoms with E-state index in [1.165, 1.54) is 41.7 Å². The third kappa shape index (κ3) is 3.46. The number of anilines is 2. The number of imidazole rings is 1. The van der Waals surface area contributed by atoms with Crippen molar-refractivity contribution in [2.45, 2.75) is 25.8 Å². The number of aromatic nitrogens is 5. The molecular formula is C25H21ClFN7O. The minimum atomic E-state index is -0.631. The van der Waals surface area contributed by atoms with E-state index in [9.17, 15) is 9.18 Å². The first-order chi connectivity index (χ1) is 16.8. The Bertz CT molecular complexity index is 1670. The minimum Gasteiger partial charge on any atom is -0.324 e. The van der Waals surface area contributed by atoms with Crippen LogP contribution < -0.4 is 16.2 Å². The Balaban J connectivity index is 1.47. The summed E-state index contributed by atoms with van der Waals surface area (Å²) in [6, 6.07) is 10.5. The van der Waals surface area contributed by atoms with Crippen LogP contribution in [-0.2, 0) is 12.0 Å². The Morgan fingerprint density at radius 3 is 2.89 bits per heavy atom. The van der Waals surface area contributed by atoms with E-state index in [1.54, 1.807) is 10.6 Å². The molecule has 1 aliphatic heterocycles. The molecule has 3 aromatic heterocycles. The molecule has 0 atom stereocenters. The first kappa shape index (κ1) is 21.7.